The van der Waals surface area contributed by atoms with Crippen LogP contribution in [0.25, 0.3) is 0 Å². The van der Waals surface area contributed by atoms with Crippen LogP contribution in [0.5, 0.6) is 5.75 Å². The van der Waals surface area contributed by atoms with Crippen molar-refractivity contribution in [1.29, 1.82) is 0 Å². The van der Waals surface area contributed by atoms with Gasteiger partial charge in [0, 0.05) is 46.4 Å². The van der Waals surface area contributed by atoms with Crippen LogP contribution in [0.2, 0.25) is 0 Å². The number of aromatic hydroxyl groups is 1. The summed E-state index contributed by atoms with van der Waals surface area (Å²) in [5, 5.41) is 12.9. The highest BCUT2D eigenvalue weighted by atomic mass is 16.5. The molecule has 23 heavy (non-hydrogen) atoms. The Morgan fingerprint density at radius 1 is 1.30 bits per heavy atom. The molecule has 0 bridgehead atoms. The van der Waals surface area contributed by atoms with Gasteiger partial charge in [-0.05, 0) is 25.5 Å². The Morgan fingerprint density at radius 3 is 2.65 bits per heavy atom. The number of benzene rings is 1. The molecule has 0 aromatic heterocycles. The number of nitrogens with one attached hydrogen (secondary N) is 1. The van der Waals surface area contributed by atoms with Gasteiger partial charge in [0.25, 0.3) is 0 Å². The van der Waals surface area contributed by atoms with Gasteiger partial charge in [-0.25, -0.2) is 0 Å². The molecule has 1 heterocycles. The maximum Gasteiger partial charge on any atom is 0.237 e. The number of ether oxygens (including phenoxy) is 1. The zero-order valence-corrected chi connectivity index (χ0v) is 14.0. The summed E-state index contributed by atoms with van der Waals surface area (Å²) in [4.78, 5) is 16.5. The van der Waals surface area contributed by atoms with E-state index in [4.69, 9.17) is 4.74 Å². The Hall–Kier alpha value is -1.79. The third-order valence-corrected chi connectivity index (χ3v) is 4.29. The van der Waals surface area contributed by atoms with Gasteiger partial charge in [0.15, 0.2) is 0 Å². The van der Waals surface area contributed by atoms with Crippen LogP contribution < -0.4 is 10.2 Å². The molecular weight excluding hydrogens is 294 g/mol. The van der Waals surface area contributed by atoms with E-state index in [-0.39, 0.29) is 11.9 Å². The monoisotopic (exact) mass is 321 g/mol. The molecule has 6 nitrogen and oxygen atoms in total. The first-order valence-corrected chi connectivity index (χ1v) is 8.17. The van der Waals surface area contributed by atoms with Crippen molar-refractivity contribution in [2.45, 2.75) is 19.4 Å². The van der Waals surface area contributed by atoms with Crippen molar-refractivity contribution >= 4 is 11.6 Å². The highest BCUT2D eigenvalue weighted by Gasteiger charge is 2.26. The smallest absolute Gasteiger partial charge is 0.237 e. The average molecular weight is 321 g/mol. The Bertz CT molecular complexity index is 502. The Kier molecular flexibility index (Phi) is 6.67. The minimum absolute atomic E-state index is 0.0668. The molecule has 1 unspecified atom stereocenters. The second kappa shape index (κ2) is 8.74. The lowest BCUT2D eigenvalue weighted by atomic mass is 10.2. The molecule has 1 aromatic carbocycles. The van der Waals surface area contributed by atoms with E-state index in [1.54, 1.807) is 13.2 Å². The van der Waals surface area contributed by atoms with Crippen molar-refractivity contribution in [3.05, 3.63) is 24.3 Å². The van der Waals surface area contributed by atoms with Gasteiger partial charge in [0.2, 0.25) is 5.91 Å². The first-order valence-electron chi connectivity index (χ1n) is 8.17. The number of nitrogens with zero attached hydrogens (tertiary/aromatic N) is 2. The molecule has 1 aliphatic rings. The zero-order valence-electron chi connectivity index (χ0n) is 14.0. The molecule has 1 amide bonds. The lowest BCUT2D eigenvalue weighted by Crippen LogP contribution is -2.54. The van der Waals surface area contributed by atoms with Crippen LogP contribution in [0.4, 0.5) is 5.69 Å². The van der Waals surface area contributed by atoms with Crippen molar-refractivity contribution in [3.63, 3.8) is 0 Å². The van der Waals surface area contributed by atoms with Crippen LogP contribution in [0.3, 0.4) is 0 Å². The summed E-state index contributed by atoms with van der Waals surface area (Å²) >= 11 is 0. The third-order valence-electron chi connectivity index (χ3n) is 4.29. The predicted octanol–water partition coefficient (Wildman–Crippen LogP) is 1.06. The molecule has 0 spiro atoms. The third kappa shape index (κ3) is 4.84. The van der Waals surface area contributed by atoms with Gasteiger partial charge in [-0.1, -0.05) is 12.1 Å². The first-order chi connectivity index (χ1) is 11.1. The number of para-hydroxylation sites is 2. The summed E-state index contributed by atoms with van der Waals surface area (Å²) in [6.07, 6.45) is 0.829. The molecule has 0 saturated carbocycles. The van der Waals surface area contributed by atoms with E-state index in [1.807, 2.05) is 25.1 Å². The quantitative estimate of drug-likeness (QED) is 0.735. The molecule has 1 saturated heterocycles. The lowest BCUT2D eigenvalue weighted by molar-refractivity contribution is -0.126. The van der Waals surface area contributed by atoms with E-state index in [2.05, 4.69) is 15.1 Å². The Balaban J connectivity index is 1.79. The fraction of sp³-hybridized carbons (Fsp3) is 0.588. The highest BCUT2D eigenvalue weighted by molar-refractivity contribution is 5.81. The number of carbonyl (C=O) groups is 1. The number of amides is 1. The molecular formula is C17H27N3O3. The van der Waals surface area contributed by atoms with E-state index in [9.17, 15) is 9.90 Å². The highest BCUT2D eigenvalue weighted by Crippen LogP contribution is 2.27. The molecule has 128 valence electrons. The fourth-order valence-corrected chi connectivity index (χ4v) is 2.82. The number of methoxy groups -OCH3 is 1. The van der Waals surface area contributed by atoms with Crippen LogP contribution in [0, 0.1) is 0 Å². The summed E-state index contributed by atoms with van der Waals surface area (Å²) in [5.41, 5.74) is 0.865. The van der Waals surface area contributed by atoms with Gasteiger partial charge in [-0.3, -0.25) is 9.69 Å². The topological polar surface area (TPSA) is 65.0 Å². The first kappa shape index (κ1) is 17.6. The minimum Gasteiger partial charge on any atom is -0.506 e. The summed E-state index contributed by atoms with van der Waals surface area (Å²) in [6.45, 7) is 6.48. The molecule has 1 aliphatic heterocycles. The molecule has 0 radical (unpaired) electrons. The standard InChI is InChI=1S/C17H27N3O3/c1-14(17(22)18-8-5-13-23-2)19-9-11-20(12-10-19)15-6-3-4-7-16(15)21/h3-4,6-7,14,21H,5,8-13H2,1-2H3,(H,18,22). The molecule has 1 aromatic rings. The molecule has 1 atom stereocenters. The van der Waals surface area contributed by atoms with E-state index < -0.39 is 0 Å². The summed E-state index contributed by atoms with van der Waals surface area (Å²) in [6, 6.07) is 7.25. The van der Waals surface area contributed by atoms with E-state index in [1.165, 1.54) is 0 Å². The van der Waals surface area contributed by atoms with E-state index >= 15 is 0 Å². The molecule has 6 heteroatoms. The number of hydrogen-bond acceptors (Lipinski definition) is 5. The van der Waals surface area contributed by atoms with Crippen LogP contribution in [0.15, 0.2) is 24.3 Å². The van der Waals surface area contributed by atoms with Crippen molar-refractivity contribution in [3.8, 4) is 5.75 Å². The minimum atomic E-state index is -0.135. The molecule has 2 N–H and O–H groups in total. The molecule has 1 fully saturated rings. The fourth-order valence-electron chi connectivity index (χ4n) is 2.82. The zero-order chi connectivity index (χ0) is 16.7. The van der Waals surface area contributed by atoms with Crippen molar-refractivity contribution < 1.29 is 14.6 Å². The van der Waals surface area contributed by atoms with Crippen LogP contribution in [-0.2, 0) is 9.53 Å². The van der Waals surface area contributed by atoms with Crippen LogP contribution in [-0.4, -0.2) is 68.4 Å². The van der Waals surface area contributed by atoms with Gasteiger partial charge < -0.3 is 20.1 Å². The second-order valence-electron chi connectivity index (χ2n) is 5.83. The van der Waals surface area contributed by atoms with Crippen LogP contribution in [0.1, 0.15) is 13.3 Å². The maximum absolute atomic E-state index is 12.2. The SMILES string of the molecule is COCCCNC(=O)C(C)N1CCN(c2ccccc2O)CC1. The van der Waals surface area contributed by atoms with E-state index in [0.717, 1.165) is 38.3 Å². The largest absolute Gasteiger partial charge is 0.506 e. The normalized spacial score (nSPS) is 17.0. The van der Waals surface area contributed by atoms with Gasteiger partial charge in [0.05, 0.1) is 11.7 Å². The van der Waals surface area contributed by atoms with E-state index in [0.29, 0.717) is 18.9 Å². The number of phenols is 1. The Labute approximate surface area is 138 Å². The molecule has 0 aliphatic carbocycles. The predicted molar refractivity (Wildman–Crippen MR) is 90.9 cm³/mol. The number of rotatable bonds is 7. The summed E-state index contributed by atoms with van der Waals surface area (Å²) < 4.78 is 4.98. The van der Waals surface area contributed by atoms with Crippen molar-refractivity contribution in [2.75, 3.05) is 51.3 Å². The summed E-state index contributed by atoms with van der Waals surface area (Å²) in [7, 11) is 1.66. The van der Waals surface area contributed by atoms with Crippen LogP contribution >= 0.6 is 0 Å². The van der Waals surface area contributed by atoms with Gasteiger partial charge in [-0.2, -0.15) is 0 Å². The number of hydrogen-bond donors (Lipinski definition) is 2. The number of piperazine rings is 1. The van der Waals surface area contributed by atoms with Gasteiger partial charge in [-0.15, -0.1) is 0 Å². The second-order valence-corrected chi connectivity index (χ2v) is 5.83. The molecule has 2 rings (SSSR count). The maximum atomic E-state index is 12.2. The average Bonchev–Trinajstić information content (AvgIpc) is 2.58. The van der Waals surface area contributed by atoms with Gasteiger partial charge >= 0.3 is 0 Å². The number of carbonyl (C=O) groups excluding carboxylic acids is 1. The summed E-state index contributed by atoms with van der Waals surface area (Å²) in [5.74, 6) is 0.377. The van der Waals surface area contributed by atoms with Crippen molar-refractivity contribution in [1.82, 2.24) is 10.2 Å². The van der Waals surface area contributed by atoms with Gasteiger partial charge in [0.1, 0.15) is 5.75 Å². The Morgan fingerprint density at radius 2 is 2.00 bits per heavy atom. The van der Waals surface area contributed by atoms with Crippen molar-refractivity contribution in [2.24, 2.45) is 0 Å². The number of phenolic OH excluding ortho intramolecular Hbond substituents is 1. The number of anilines is 1. The lowest BCUT2D eigenvalue weighted by Gasteiger charge is -2.38.